The van der Waals surface area contributed by atoms with Crippen LogP contribution in [0.25, 0.3) is 0 Å². The Morgan fingerprint density at radius 1 is 1.15 bits per heavy atom. The van der Waals surface area contributed by atoms with Gasteiger partial charge in [0.15, 0.2) is 0 Å². The lowest BCUT2D eigenvalue weighted by molar-refractivity contribution is -0.122. The van der Waals surface area contributed by atoms with Crippen molar-refractivity contribution in [2.24, 2.45) is 5.92 Å². The van der Waals surface area contributed by atoms with Crippen molar-refractivity contribution >= 4 is 5.91 Å². The van der Waals surface area contributed by atoms with Crippen molar-refractivity contribution in [2.75, 3.05) is 26.2 Å². The Morgan fingerprint density at radius 2 is 1.85 bits per heavy atom. The summed E-state index contributed by atoms with van der Waals surface area (Å²) in [6, 6.07) is 1.39. The molecule has 0 saturated carbocycles. The van der Waals surface area contributed by atoms with Crippen LogP contribution in [0, 0.1) is 5.92 Å². The number of carbonyl (C=O) groups excluding carboxylic acids is 1. The predicted octanol–water partition coefficient (Wildman–Crippen LogP) is 1.51. The first-order valence-corrected chi connectivity index (χ1v) is 8.55. The van der Waals surface area contributed by atoms with E-state index >= 15 is 0 Å². The van der Waals surface area contributed by atoms with E-state index in [9.17, 15) is 4.79 Å². The van der Waals surface area contributed by atoms with E-state index in [1.165, 1.54) is 51.6 Å². The highest BCUT2D eigenvalue weighted by atomic mass is 16.1. The summed E-state index contributed by atoms with van der Waals surface area (Å²) >= 11 is 0. The third-order valence-electron chi connectivity index (χ3n) is 5.22. The lowest BCUT2D eigenvalue weighted by Crippen LogP contribution is -2.40. The number of carbonyl (C=O) groups is 1. The van der Waals surface area contributed by atoms with E-state index in [2.05, 4.69) is 15.5 Å². The lowest BCUT2D eigenvalue weighted by Gasteiger charge is -2.28. The third kappa shape index (κ3) is 3.95. The van der Waals surface area contributed by atoms with Gasteiger partial charge in [-0.15, -0.1) is 0 Å². The number of nitrogens with one attached hydrogen (secondary N) is 2. The van der Waals surface area contributed by atoms with E-state index < -0.39 is 0 Å². The van der Waals surface area contributed by atoms with Crippen molar-refractivity contribution in [2.45, 2.75) is 63.5 Å². The van der Waals surface area contributed by atoms with E-state index in [1.54, 1.807) is 0 Å². The molecule has 3 saturated heterocycles. The zero-order valence-electron chi connectivity index (χ0n) is 12.6. The van der Waals surface area contributed by atoms with Gasteiger partial charge in [0.2, 0.25) is 5.91 Å². The number of rotatable bonds is 6. The molecule has 4 heteroatoms. The second-order valence-corrected chi connectivity index (χ2v) is 6.93. The van der Waals surface area contributed by atoms with Crippen LogP contribution in [0.1, 0.15) is 51.4 Å². The summed E-state index contributed by atoms with van der Waals surface area (Å²) in [5.74, 6) is 0.894. The number of piperidine rings is 1. The molecule has 3 heterocycles. The smallest absolute Gasteiger partial charge is 0.220 e. The summed E-state index contributed by atoms with van der Waals surface area (Å²) in [5.41, 5.74) is 0. The lowest BCUT2D eigenvalue weighted by atomic mass is 9.89. The van der Waals surface area contributed by atoms with Crippen LogP contribution in [-0.4, -0.2) is 49.1 Å². The highest BCUT2D eigenvalue weighted by molar-refractivity contribution is 5.76. The molecule has 3 aliphatic rings. The van der Waals surface area contributed by atoms with Gasteiger partial charge in [0.1, 0.15) is 0 Å². The molecule has 20 heavy (non-hydrogen) atoms. The second-order valence-electron chi connectivity index (χ2n) is 6.93. The van der Waals surface area contributed by atoms with E-state index in [0.717, 1.165) is 25.9 Å². The van der Waals surface area contributed by atoms with Gasteiger partial charge in [-0.3, -0.25) is 4.79 Å². The fourth-order valence-electron chi connectivity index (χ4n) is 4.21. The molecule has 1 amide bonds. The van der Waals surface area contributed by atoms with Crippen molar-refractivity contribution in [1.29, 1.82) is 0 Å². The molecule has 3 fully saturated rings. The molecule has 4 nitrogen and oxygen atoms in total. The van der Waals surface area contributed by atoms with Crippen LogP contribution in [0.3, 0.4) is 0 Å². The van der Waals surface area contributed by atoms with Gasteiger partial charge in [-0.05, 0) is 70.5 Å². The van der Waals surface area contributed by atoms with Crippen LogP contribution in [0.4, 0.5) is 0 Å². The minimum Gasteiger partial charge on any atom is -0.356 e. The minimum atomic E-state index is 0.276. The first-order valence-electron chi connectivity index (χ1n) is 8.55. The van der Waals surface area contributed by atoms with Gasteiger partial charge >= 0.3 is 0 Å². The summed E-state index contributed by atoms with van der Waals surface area (Å²) < 4.78 is 0. The molecule has 3 rings (SSSR count). The van der Waals surface area contributed by atoms with Crippen LogP contribution in [0.2, 0.25) is 0 Å². The summed E-state index contributed by atoms with van der Waals surface area (Å²) in [6.45, 7) is 4.52. The average molecular weight is 279 g/mol. The van der Waals surface area contributed by atoms with Crippen LogP contribution >= 0.6 is 0 Å². The summed E-state index contributed by atoms with van der Waals surface area (Å²) in [6.07, 6.45) is 9.60. The summed E-state index contributed by atoms with van der Waals surface area (Å²) in [4.78, 5) is 14.5. The Bertz CT molecular complexity index is 316. The maximum Gasteiger partial charge on any atom is 0.220 e. The first kappa shape index (κ1) is 14.3. The monoisotopic (exact) mass is 279 g/mol. The highest BCUT2D eigenvalue weighted by Gasteiger charge is 2.34. The third-order valence-corrected chi connectivity index (χ3v) is 5.22. The topological polar surface area (TPSA) is 44.4 Å². The Morgan fingerprint density at radius 3 is 2.55 bits per heavy atom. The van der Waals surface area contributed by atoms with E-state index in [1.807, 2.05) is 0 Å². The maximum absolute atomic E-state index is 12.0. The maximum atomic E-state index is 12.0. The molecule has 0 radical (unpaired) electrons. The van der Waals surface area contributed by atoms with Gasteiger partial charge in [0, 0.05) is 25.0 Å². The zero-order chi connectivity index (χ0) is 13.8. The van der Waals surface area contributed by atoms with Crippen molar-refractivity contribution < 1.29 is 4.79 Å². The van der Waals surface area contributed by atoms with Crippen LogP contribution in [0.5, 0.6) is 0 Å². The Labute approximate surface area is 122 Å². The second kappa shape index (κ2) is 6.90. The summed E-state index contributed by atoms with van der Waals surface area (Å²) in [5, 5.41) is 6.76. The molecule has 0 aliphatic carbocycles. The molecule has 2 atom stereocenters. The summed E-state index contributed by atoms with van der Waals surface area (Å²) in [7, 11) is 0. The zero-order valence-corrected chi connectivity index (χ0v) is 12.6. The molecule has 0 aromatic carbocycles. The molecule has 2 N–H and O–H groups in total. The largest absolute Gasteiger partial charge is 0.356 e. The minimum absolute atomic E-state index is 0.276. The highest BCUT2D eigenvalue weighted by Crippen LogP contribution is 2.32. The molecular weight excluding hydrogens is 250 g/mol. The van der Waals surface area contributed by atoms with Crippen LogP contribution < -0.4 is 10.6 Å². The van der Waals surface area contributed by atoms with Crippen molar-refractivity contribution in [1.82, 2.24) is 15.5 Å². The van der Waals surface area contributed by atoms with E-state index in [-0.39, 0.29) is 5.91 Å². The van der Waals surface area contributed by atoms with Crippen molar-refractivity contribution in [3.8, 4) is 0 Å². The molecule has 0 aromatic rings. The SMILES string of the molecule is O=C(CC1CC2CCC(C1)N2)NCCCN1CCCC1. The number of amides is 1. The molecule has 2 bridgehead atoms. The van der Waals surface area contributed by atoms with E-state index in [4.69, 9.17) is 0 Å². The fraction of sp³-hybridized carbons (Fsp3) is 0.938. The van der Waals surface area contributed by atoms with Gasteiger partial charge in [-0.25, -0.2) is 0 Å². The molecular formula is C16H29N3O. The van der Waals surface area contributed by atoms with E-state index in [0.29, 0.717) is 18.0 Å². The molecule has 114 valence electrons. The fourth-order valence-corrected chi connectivity index (χ4v) is 4.21. The predicted molar refractivity (Wildman–Crippen MR) is 80.6 cm³/mol. The number of nitrogens with zero attached hydrogens (tertiary/aromatic N) is 1. The average Bonchev–Trinajstić information content (AvgIpc) is 3.05. The first-order chi connectivity index (χ1) is 9.79. The van der Waals surface area contributed by atoms with Gasteiger partial charge in [-0.1, -0.05) is 0 Å². The number of fused-ring (bicyclic) bond motifs is 2. The molecule has 0 spiro atoms. The van der Waals surface area contributed by atoms with Crippen molar-refractivity contribution in [3.63, 3.8) is 0 Å². The van der Waals surface area contributed by atoms with Gasteiger partial charge in [0.05, 0.1) is 0 Å². The molecule has 3 aliphatic heterocycles. The number of hydrogen-bond acceptors (Lipinski definition) is 3. The van der Waals surface area contributed by atoms with Gasteiger partial charge in [-0.2, -0.15) is 0 Å². The molecule has 2 unspecified atom stereocenters. The Kier molecular flexibility index (Phi) is 4.94. The normalized spacial score (nSPS) is 33.5. The van der Waals surface area contributed by atoms with Crippen LogP contribution in [-0.2, 0) is 4.79 Å². The van der Waals surface area contributed by atoms with Crippen LogP contribution in [0.15, 0.2) is 0 Å². The van der Waals surface area contributed by atoms with Gasteiger partial charge in [0.25, 0.3) is 0 Å². The number of hydrogen-bond donors (Lipinski definition) is 2. The standard InChI is InChI=1S/C16H29N3O/c20-16(17-6-3-9-19-7-1-2-8-19)12-13-10-14-4-5-15(11-13)18-14/h13-15,18H,1-12H2,(H,17,20). The van der Waals surface area contributed by atoms with Crippen molar-refractivity contribution in [3.05, 3.63) is 0 Å². The number of likely N-dealkylation sites (tertiary alicyclic amines) is 1. The Hall–Kier alpha value is -0.610. The quantitative estimate of drug-likeness (QED) is 0.724. The Balaban J connectivity index is 1.27. The van der Waals surface area contributed by atoms with Gasteiger partial charge < -0.3 is 15.5 Å². The molecule has 0 aromatic heterocycles.